The van der Waals surface area contributed by atoms with Gasteiger partial charge in [0.2, 0.25) is 0 Å². The number of aliphatic hydroxyl groups is 2. The molecule has 0 amide bonds. The lowest BCUT2D eigenvalue weighted by Gasteiger charge is -2.38. The molecule has 0 spiro atoms. The largest absolute Gasteiger partial charge is 0.493 e. The molecule has 3 rings (SSSR count). The summed E-state index contributed by atoms with van der Waals surface area (Å²) in [5, 5.41) is 18.2. The number of aliphatic hydroxyl groups excluding tert-OH is 2. The van der Waals surface area contributed by atoms with Crippen molar-refractivity contribution in [3.05, 3.63) is 54.1 Å². The van der Waals surface area contributed by atoms with E-state index in [0.29, 0.717) is 5.75 Å². The number of unbranched alkanes of at least 4 members (excludes halogenated alkanes) is 4. The molecule has 0 bridgehead atoms. The average molecular weight is 641 g/mol. The molecule has 0 atom stereocenters. The van der Waals surface area contributed by atoms with Gasteiger partial charge in [0.25, 0.3) is 0 Å². The van der Waals surface area contributed by atoms with Gasteiger partial charge in [0.15, 0.2) is 0 Å². The quantitative estimate of drug-likeness (QED) is 0.0804. The smallest absolute Gasteiger partial charge is 0.335 e. The maximum Gasteiger partial charge on any atom is 0.335 e. The molecule has 2 saturated carbocycles. The SMILES string of the molecule is C=C(CO)C(=O)OCC(COC(=O)C(=C)CO)COc1ccc(CCC2CCC(C3CCC(CCCCCCC)CC3)CC2)cc1. The Hall–Kier alpha value is -2.64. The first kappa shape index (κ1) is 37.8. The van der Waals surface area contributed by atoms with E-state index in [9.17, 15) is 9.59 Å². The van der Waals surface area contributed by atoms with Crippen molar-refractivity contribution in [2.75, 3.05) is 33.0 Å². The standard InChI is InChI=1S/C39H60O7/c1-4-5-6-7-8-9-31-12-18-35(19-13-31)36-20-14-32(15-21-36)10-11-33-16-22-37(23-17-33)44-26-34(27-45-38(42)29(2)24-40)28-46-39(43)30(3)25-41/h16-17,22-23,31-32,34-36,40-41H,2-15,18-21,24-28H2,1H3. The van der Waals surface area contributed by atoms with Crippen LogP contribution in [0.25, 0.3) is 0 Å². The van der Waals surface area contributed by atoms with Gasteiger partial charge in [0.05, 0.1) is 36.9 Å². The minimum atomic E-state index is -0.720. The predicted octanol–water partition coefficient (Wildman–Crippen LogP) is 7.77. The molecular formula is C39H60O7. The predicted molar refractivity (Wildman–Crippen MR) is 182 cm³/mol. The van der Waals surface area contributed by atoms with Crippen molar-refractivity contribution in [3.8, 4) is 5.75 Å². The Bertz CT molecular complexity index is 1020. The summed E-state index contributed by atoms with van der Waals surface area (Å²) in [4.78, 5) is 23.9. The van der Waals surface area contributed by atoms with Gasteiger partial charge in [-0.05, 0) is 79.9 Å². The summed E-state index contributed by atoms with van der Waals surface area (Å²) >= 11 is 0. The summed E-state index contributed by atoms with van der Waals surface area (Å²) in [5.41, 5.74) is 1.18. The fraction of sp³-hybridized carbons (Fsp3) is 0.692. The highest BCUT2D eigenvalue weighted by molar-refractivity contribution is 5.88. The number of hydrogen-bond acceptors (Lipinski definition) is 7. The second-order valence-electron chi connectivity index (χ2n) is 13.8. The lowest BCUT2D eigenvalue weighted by Crippen LogP contribution is -2.27. The van der Waals surface area contributed by atoms with E-state index in [0.717, 1.165) is 30.1 Å². The van der Waals surface area contributed by atoms with Crippen molar-refractivity contribution in [2.24, 2.45) is 29.6 Å². The third-order valence-corrected chi connectivity index (χ3v) is 10.3. The first-order valence-corrected chi connectivity index (χ1v) is 18.0. The maximum atomic E-state index is 11.9. The van der Waals surface area contributed by atoms with E-state index in [1.807, 2.05) is 12.1 Å². The lowest BCUT2D eigenvalue weighted by molar-refractivity contribution is -0.145. The van der Waals surface area contributed by atoms with Crippen LogP contribution in [0.3, 0.4) is 0 Å². The number of carbonyl (C=O) groups is 2. The summed E-state index contributed by atoms with van der Waals surface area (Å²) in [6, 6.07) is 8.11. The van der Waals surface area contributed by atoms with Crippen LogP contribution in [-0.4, -0.2) is 55.2 Å². The zero-order chi connectivity index (χ0) is 33.1. The van der Waals surface area contributed by atoms with Crippen LogP contribution in [0.15, 0.2) is 48.6 Å². The molecule has 7 heteroatoms. The number of benzene rings is 1. The second-order valence-corrected chi connectivity index (χ2v) is 13.8. The molecule has 2 aliphatic carbocycles. The first-order valence-electron chi connectivity index (χ1n) is 18.0. The number of hydrogen-bond donors (Lipinski definition) is 2. The summed E-state index contributed by atoms with van der Waals surface area (Å²) < 4.78 is 16.3. The molecule has 46 heavy (non-hydrogen) atoms. The summed E-state index contributed by atoms with van der Waals surface area (Å²) in [5.74, 6) is 2.53. The molecule has 0 unspecified atom stereocenters. The van der Waals surface area contributed by atoms with E-state index in [4.69, 9.17) is 24.4 Å². The van der Waals surface area contributed by atoms with Gasteiger partial charge in [-0.1, -0.05) is 96.4 Å². The average Bonchev–Trinajstić information content (AvgIpc) is 3.10. The minimum absolute atomic E-state index is 0.0602. The fourth-order valence-electron chi connectivity index (χ4n) is 7.14. The number of ether oxygens (including phenoxy) is 3. The van der Waals surface area contributed by atoms with E-state index >= 15 is 0 Å². The second kappa shape index (κ2) is 21.3. The Morgan fingerprint density at radius 3 is 1.72 bits per heavy atom. The first-order chi connectivity index (χ1) is 22.3. The maximum absolute atomic E-state index is 11.9. The van der Waals surface area contributed by atoms with Crippen LogP contribution in [0.2, 0.25) is 0 Å². The Balaban J connectivity index is 1.35. The summed E-state index contributed by atoms with van der Waals surface area (Å²) in [6.07, 6.45) is 22.3. The topological polar surface area (TPSA) is 102 Å². The van der Waals surface area contributed by atoms with Gasteiger partial charge in [-0.25, -0.2) is 9.59 Å². The van der Waals surface area contributed by atoms with Crippen LogP contribution in [0.4, 0.5) is 0 Å². The molecule has 0 radical (unpaired) electrons. The van der Waals surface area contributed by atoms with Crippen LogP contribution in [0.1, 0.15) is 109 Å². The van der Waals surface area contributed by atoms with Crippen LogP contribution in [-0.2, 0) is 25.5 Å². The summed E-state index contributed by atoms with van der Waals surface area (Å²) in [6.45, 7) is 8.19. The Kier molecular flexibility index (Phi) is 17.5. The van der Waals surface area contributed by atoms with Crippen LogP contribution in [0, 0.1) is 29.6 Å². The highest BCUT2D eigenvalue weighted by Crippen LogP contribution is 2.43. The molecular weight excluding hydrogens is 580 g/mol. The van der Waals surface area contributed by atoms with Gasteiger partial charge >= 0.3 is 11.9 Å². The Labute approximate surface area is 277 Å². The van der Waals surface area contributed by atoms with Crippen molar-refractivity contribution in [1.29, 1.82) is 0 Å². The molecule has 0 aromatic heterocycles. The van der Waals surface area contributed by atoms with Crippen LogP contribution < -0.4 is 4.74 Å². The van der Waals surface area contributed by atoms with E-state index in [1.165, 1.54) is 102 Å². The lowest BCUT2D eigenvalue weighted by atomic mass is 9.68. The molecule has 0 saturated heterocycles. The molecule has 258 valence electrons. The van der Waals surface area contributed by atoms with E-state index in [-0.39, 0.29) is 31.0 Å². The molecule has 1 aromatic rings. The van der Waals surface area contributed by atoms with E-state index in [1.54, 1.807) is 0 Å². The molecule has 2 fully saturated rings. The molecule has 0 heterocycles. The molecule has 1 aromatic carbocycles. The summed E-state index contributed by atoms with van der Waals surface area (Å²) in [7, 11) is 0. The molecule has 7 nitrogen and oxygen atoms in total. The van der Waals surface area contributed by atoms with Crippen molar-refractivity contribution < 1.29 is 34.0 Å². The monoisotopic (exact) mass is 640 g/mol. The minimum Gasteiger partial charge on any atom is -0.493 e. The van der Waals surface area contributed by atoms with Crippen molar-refractivity contribution in [3.63, 3.8) is 0 Å². The van der Waals surface area contributed by atoms with Gasteiger partial charge in [0.1, 0.15) is 19.0 Å². The van der Waals surface area contributed by atoms with Gasteiger partial charge in [-0.3, -0.25) is 0 Å². The van der Waals surface area contributed by atoms with Crippen molar-refractivity contribution >= 4 is 11.9 Å². The number of esters is 2. The highest BCUT2D eigenvalue weighted by Gasteiger charge is 2.30. The van der Waals surface area contributed by atoms with E-state index in [2.05, 4.69) is 32.2 Å². The van der Waals surface area contributed by atoms with Crippen LogP contribution >= 0.6 is 0 Å². The zero-order valence-electron chi connectivity index (χ0n) is 28.4. The fourth-order valence-corrected chi connectivity index (χ4v) is 7.14. The van der Waals surface area contributed by atoms with E-state index < -0.39 is 31.1 Å². The Morgan fingerprint density at radius 2 is 1.22 bits per heavy atom. The molecule has 2 N–H and O–H groups in total. The molecule has 2 aliphatic rings. The van der Waals surface area contributed by atoms with Gasteiger partial charge in [-0.15, -0.1) is 0 Å². The third kappa shape index (κ3) is 13.6. The van der Waals surface area contributed by atoms with Crippen molar-refractivity contribution in [1.82, 2.24) is 0 Å². The van der Waals surface area contributed by atoms with Gasteiger partial charge in [0, 0.05) is 0 Å². The van der Waals surface area contributed by atoms with Gasteiger partial charge in [-0.2, -0.15) is 0 Å². The zero-order valence-corrected chi connectivity index (χ0v) is 28.4. The highest BCUT2D eigenvalue weighted by atomic mass is 16.6. The van der Waals surface area contributed by atoms with Crippen molar-refractivity contribution in [2.45, 2.75) is 110 Å². The third-order valence-electron chi connectivity index (χ3n) is 10.3. The molecule has 0 aliphatic heterocycles. The van der Waals surface area contributed by atoms with Crippen LogP contribution in [0.5, 0.6) is 5.75 Å². The normalized spacial score (nSPS) is 21.5. The van der Waals surface area contributed by atoms with Gasteiger partial charge < -0.3 is 24.4 Å². The number of aryl methyl sites for hydroxylation is 1. The number of rotatable bonds is 21. The Morgan fingerprint density at radius 1 is 0.717 bits per heavy atom. The number of carbonyl (C=O) groups excluding carboxylic acids is 2.